The van der Waals surface area contributed by atoms with Crippen LogP contribution in [0.1, 0.15) is 23.6 Å². The van der Waals surface area contributed by atoms with Gasteiger partial charge >= 0.3 is 0 Å². The predicted octanol–water partition coefficient (Wildman–Crippen LogP) is 2.63. The van der Waals surface area contributed by atoms with Crippen LogP contribution in [-0.4, -0.2) is 25.7 Å². The molecule has 0 fully saturated rings. The van der Waals surface area contributed by atoms with Crippen molar-refractivity contribution in [2.75, 3.05) is 20.4 Å². The molecule has 1 aliphatic carbocycles. The molecule has 0 aliphatic heterocycles. The molecule has 0 aromatic heterocycles. The van der Waals surface area contributed by atoms with Crippen molar-refractivity contribution in [3.63, 3.8) is 0 Å². The fourth-order valence-electron chi connectivity index (χ4n) is 2.49. The zero-order valence-corrected chi connectivity index (χ0v) is 10.9. The van der Waals surface area contributed by atoms with Crippen LogP contribution in [-0.2, 0) is 6.42 Å². The topological polar surface area (TPSA) is 21.3 Å². The summed E-state index contributed by atoms with van der Waals surface area (Å²) >= 11 is 1.96. The van der Waals surface area contributed by atoms with Crippen molar-refractivity contribution in [2.24, 2.45) is 0 Å². The Morgan fingerprint density at radius 2 is 2.25 bits per heavy atom. The quantitative estimate of drug-likeness (QED) is 0.873. The third kappa shape index (κ3) is 2.06. The smallest absolute Gasteiger partial charge is 0.119 e. The molecule has 2 rings (SSSR count). The van der Waals surface area contributed by atoms with Crippen LogP contribution in [0.3, 0.4) is 0 Å². The molecule has 88 valence electrons. The largest absolute Gasteiger partial charge is 0.497 e. The molecule has 1 aliphatic rings. The zero-order chi connectivity index (χ0) is 11.5. The third-order valence-electron chi connectivity index (χ3n) is 3.37. The van der Waals surface area contributed by atoms with Gasteiger partial charge in [-0.25, -0.2) is 0 Å². The number of aryl methyl sites for hydroxylation is 1. The number of thioether (sulfide) groups is 1. The molecule has 2 unspecified atom stereocenters. The number of fused-ring (bicyclic) bond motifs is 1. The van der Waals surface area contributed by atoms with Crippen LogP contribution in [0.5, 0.6) is 5.75 Å². The molecular weight excluding hydrogens is 218 g/mol. The minimum Gasteiger partial charge on any atom is -0.497 e. The maximum Gasteiger partial charge on any atom is 0.119 e. The van der Waals surface area contributed by atoms with Gasteiger partial charge in [-0.05, 0) is 49.4 Å². The van der Waals surface area contributed by atoms with Crippen LogP contribution in [0, 0.1) is 0 Å². The van der Waals surface area contributed by atoms with Crippen molar-refractivity contribution >= 4 is 11.8 Å². The minimum absolute atomic E-state index is 0.477. The van der Waals surface area contributed by atoms with Gasteiger partial charge in [-0.15, -0.1) is 0 Å². The van der Waals surface area contributed by atoms with E-state index in [-0.39, 0.29) is 0 Å². The van der Waals surface area contributed by atoms with Crippen LogP contribution >= 0.6 is 11.8 Å². The van der Waals surface area contributed by atoms with Crippen LogP contribution < -0.4 is 10.1 Å². The van der Waals surface area contributed by atoms with Gasteiger partial charge in [0, 0.05) is 11.3 Å². The van der Waals surface area contributed by atoms with Crippen LogP contribution in [0.4, 0.5) is 0 Å². The highest BCUT2D eigenvalue weighted by Gasteiger charge is 2.27. The average molecular weight is 237 g/mol. The first kappa shape index (κ1) is 11.8. The summed E-state index contributed by atoms with van der Waals surface area (Å²) in [5.74, 6) is 0.969. The van der Waals surface area contributed by atoms with Crippen molar-refractivity contribution < 1.29 is 4.74 Å². The molecule has 0 bridgehead atoms. The standard InChI is InChI=1S/C13H19NOS/c1-14-13-11-6-5-10(15-2)8-9(11)4-7-12(13)16-3/h5-6,8,12-14H,4,7H2,1-3H3. The summed E-state index contributed by atoms with van der Waals surface area (Å²) in [5.41, 5.74) is 2.87. The van der Waals surface area contributed by atoms with E-state index < -0.39 is 0 Å². The van der Waals surface area contributed by atoms with Crippen molar-refractivity contribution in [3.8, 4) is 5.75 Å². The van der Waals surface area contributed by atoms with Gasteiger partial charge in [-0.2, -0.15) is 11.8 Å². The van der Waals surface area contributed by atoms with Gasteiger partial charge in [0.15, 0.2) is 0 Å². The van der Waals surface area contributed by atoms with Gasteiger partial charge in [0.1, 0.15) is 5.75 Å². The molecule has 0 radical (unpaired) electrons. The van der Waals surface area contributed by atoms with E-state index in [2.05, 4.69) is 29.8 Å². The van der Waals surface area contributed by atoms with Gasteiger partial charge in [-0.3, -0.25) is 0 Å². The second-order valence-corrected chi connectivity index (χ2v) is 5.22. The molecule has 1 aromatic rings. The number of rotatable bonds is 3. The van der Waals surface area contributed by atoms with E-state index in [0.717, 1.165) is 12.2 Å². The Morgan fingerprint density at radius 3 is 2.88 bits per heavy atom. The third-order valence-corrected chi connectivity index (χ3v) is 4.48. The maximum absolute atomic E-state index is 5.28. The second kappa shape index (κ2) is 5.11. The van der Waals surface area contributed by atoms with E-state index in [1.54, 1.807) is 7.11 Å². The number of ether oxygens (including phenoxy) is 1. The zero-order valence-electron chi connectivity index (χ0n) is 10.1. The Morgan fingerprint density at radius 1 is 1.44 bits per heavy atom. The van der Waals surface area contributed by atoms with Crippen LogP contribution in [0.25, 0.3) is 0 Å². The molecular formula is C13H19NOS. The summed E-state index contributed by atoms with van der Waals surface area (Å²) in [6.45, 7) is 0. The Bertz CT molecular complexity index is 367. The van der Waals surface area contributed by atoms with Crippen LogP contribution in [0.15, 0.2) is 18.2 Å². The molecule has 0 heterocycles. The fraction of sp³-hybridized carbons (Fsp3) is 0.538. The van der Waals surface area contributed by atoms with Crippen molar-refractivity contribution in [2.45, 2.75) is 24.1 Å². The van der Waals surface area contributed by atoms with E-state index in [4.69, 9.17) is 4.74 Å². The molecule has 0 amide bonds. The van der Waals surface area contributed by atoms with E-state index >= 15 is 0 Å². The van der Waals surface area contributed by atoms with E-state index in [1.165, 1.54) is 17.5 Å². The Hall–Kier alpha value is -0.670. The van der Waals surface area contributed by atoms with E-state index in [1.807, 2.05) is 18.8 Å². The summed E-state index contributed by atoms with van der Waals surface area (Å²) in [7, 11) is 3.78. The lowest BCUT2D eigenvalue weighted by Crippen LogP contribution is -2.31. The molecule has 1 N–H and O–H groups in total. The number of benzene rings is 1. The van der Waals surface area contributed by atoms with E-state index in [9.17, 15) is 0 Å². The molecule has 2 nitrogen and oxygen atoms in total. The summed E-state index contributed by atoms with van der Waals surface area (Å²) < 4.78 is 5.28. The second-order valence-electron chi connectivity index (χ2n) is 4.14. The molecule has 16 heavy (non-hydrogen) atoms. The summed E-state index contributed by atoms with van der Waals surface area (Å²) in [6.07, 6.45) is 4.60. The first-order valence-corrected chi connectivity index (χ1v) is 6.95. The molecule has 0 spiro atoms. The van der Waals surface area contributed by atoms with E-state index in [0.29, 0.717) is 11.3 Å². The molecule has 2 atom stereocenters. The SMILES string of the molecule is CNC1c2ccc(OC)cc2CCC1SC. The first-order valence-electron chi connectivity index (χ1n) is 5.67. The van der Waals surface area contributed by atoms with Gasteiger partial charge in [0.05, 0.1) is 7.11 Å². The minimum atomic E-state index is 0.477. The first-order chi connectivity index (χ1) is 7.80. The molecule has 3 heteroatoms. The lowest BCUT2D eigenvalue weighted by atomic mass is 9.87. The fourth-order valence-corrected chi connectivity index (χ4v) is 3.40. The maximum atomic E-state index is 5.28. The highest BCUT2D eigenvalue weighted by Crippen LogP contribution is 2.37. The predicted molar refractivity (Wildman–Crippen MR) is 70.4 cm³/mol. The lowest BCUT2D eigenvalue weighted by molar-refractivity contribution is 0.412. The number of hydrogen-bond donors (Lipinski definition) is 1. The Labute approximate surface area is 102 Å². The highest BCUT2D eigenvalue weighted by molar-refractivity contribution is 7.99. The van der Waals surface area contributed by atoms with Gasteiger partial charge in [0.2, 0.25) is 0 Å². The average Bonchev–Trinajstić information content (AvgIpc) is 2.36. The van der Waals surface area contributed by atoms with Gasteiger partial charge in [-0.1, -0.05) is 6.07 Å². The monoisotopic (exact) mass is 237 g/mol. The van der Waals surface area contributed by atoms with Gasteiger partial charge < -0.3 is 10.1 Å². The molecule has 1 aromatic carbocycles. The normalized spacial score (nSPS) is 23.9. The van der Waals surface area contributed by atoms with Gasteiger partial charge in [0.25, 0.3) is 0 Å². The summed E-state index contributed by atoms with van der Waals surface area (Å²) in [6, 6.07) is 6.92. The lowest BCUT2D eigenvalue weighted by Gasteiger charge is -2.32. The van der Waals surface area contributed by atoms with Crippen molar-refractivity contribution in [1.29, 1.82) is 0 Å². The van der Waals surface area contributed by atoms with Crippen molar-refractivity contribution in [1.82, 2.24) is 5.32 Å². The number of nitrogens with one attached hydrogen (secondary N) is 1. The summed E-state index contributed by atoms with van der Waals surface area (Å²) in [5, 5.41) is 4.12. The summed E-state index contributed by atoms with van der Waals surface area (Å²) in [4.78, 5) is 0. The van der Waals surface area contributed by atoms with Crippen molar-refractivity contribution in [3.05, 3.63) is 29.3 Å². The Balaban J connectivity index is 2.34. The molecule has 0 saturated heterocycles. The van der Waals surface area contributed by atoms with Crippen LogP contribution in [0.2, 0.25) is 0 Å². The molecule has 0 saturated carbocycles. The Kier molecular flexibility index (Phi) is 3.77. The number of methoxy groups -OCH3 is 1. The highest BCUT2D eigenvalue weighted by atomic mass is 32.2. The number of hydrogen-bond acceptors (Lipinski definition) is 3.